The Bertz CT molecular complexity index is 382. The quantitative estimate of drug-likeness (QED) is 0.760. The van der Waals surface area contributed by atoms with Crippen molar-refractivity contribution in [2.75, 3.05) is 0 Å². The molecule has 0 aliphatic carbocycles. The SMILES string of the molecule is Cc1cc(CC(=O)O)ccc1C(=O)O. The molecule has 4 nitrogen and oxygen atoms in total. The highest BCUT2D eigenvalue weighted by atomic mass is 16.4. The predicted molar refractivity (Wildman–Crippen MR) is 49.5 cm³/mol. The fourth-order valence-corrected chi connectivity index (χ4v) is 1.25. The van der Waals surface area contributed by atoms with Gasteiger partial charge in [0.25, 0.3) is 0 Å². The van der Waals surface area contributed by atoms with Crippen LogP contribution in [0.3, 0.4) is 0 Å². The van der Waals surface area contributed by atoms with Gasteiger partial charge in [-0.2, -0.15) is 0 Å². The average Bonchev–Trinajstić information content (AvgIpc) is 2.01. The molecule has 0 atom stereocenters. The van der Waals surface area contributed by atoms with Gasteiger partial charge in [-0.1, -0.05) is 12.1 Å². The summed E-state index contributed by atoms with van der Waals surface area (Å²) in [6.45, 7) is 1.65. The van der Waals surface area contributed by atoms with Crippen LogP contribution in [-0.4, -0.2) is 22.2 Å². The van der Waals surface area contributed by atoms with E-state index >= 15 is 0 Å². The molecular weight excluding hydrogens is 184 g/mol. The van der Waals surface area contributed by atoms with E-state index in [2.05, 4.69) is 0 Å². The van der Waals surface area contributed by atoms with E-state index in [0.29, 0.717) is 11.1 Å². The number of benzene rings is 1. The first kappa shape index (κ1) is 10.2. The van der Waals surface area contributed by atoms with Gasteiger partial charge >= 0.3 is 11.9 Å². The van der Waals surface area contributed by atoms with E-state index in [4.69, 9.17) is 10.2 Å². The third kappa shape index (κ3) is 2.32. The van der Waals surface area contributed by atoms with Gasteiger partial charge in [-0.25, -0.2) is 4.79 Å². The number of carboxylic acid groups (broad SMARTS) is 2. The molecule has 0 radical (unpaired) electrons. The maximum absolute atomic E-state index is 10.6. The third-order valence-electron chi connectivity index (χ3n) is 1.88. The van der Waals surface area contributed by atoms with Crippen molar-refractivity contribution in [2.45, 2.75) is 13.3 Å². The highest BCUT2D eigenvalue weighted by Gasteiger charge is 2.08. The summed E-state index contributed by atoms with van der Waals surface area (Å²) in [5.74, 6) is -1.92. The molecule has 0 fully saturated rings. The first-order valence-corrected chi connectivity index (χ1v) is 4.05. The number of hydrogen-bond acceptors (Lipinski definition) is 2. The fourth-order valence-electron chi connectivity index (χ4n) is 1.25. The molecule has 1 aromatic rings. The molecule has 0 amide bonds. The maximum atomic E-state index is 10.6. The topological polar surface area (TPSA) is 74.6 Å². The van der Waals surface area contributed by atoms with Crippen molar-refractivity contribution in [3.8, 4) is 0 Å². The lowest BCUT2D eigenvalue weighted by molar-refractivity contribution is -0.136. The lowest BCUT2D eigenvalue weighted by atomic mass is 10.0. The molecule has 0 heterocycles. The Hall–Kier alpha value is -1.84. The van der Waals surface area contributed by atoms with E-state index in [1.54, 1.807) is 13.0 Å². The van der Waals surface area contributed by atoms with Crippen LogP contribution in [0.2, 0.25) is 0 Å². The molecule has 0 bridgehead atoms. The number of carbonyl (C=O) groups is 2. The number of aliphatic carboxylic acids is 1. The van der Waals surface area contributed by atoms with Gasteiger partial charge in [-0.15, -0.1) is 0 Å². The summed E-state index contributed by atoms with van der Waals surface area (Å²) >= 11 is 0. The van der Waals surface area contributed by atoms with Crippen LogP contribution in [0.4, 0.5) is 0 Å². The normalized spacial score (nSPS) is 9.79. The zero-order chi connectivity index (χ0) is 10.7. The van der Waals surface area contributed by atoms with Crippen molar-refractivity contribution >= 4 is 11.9 Å². The largest absolute Gasteiger partial charge is 0.481 e. The molecule has 0 unspecified atom stereocenters. The molecule has 4 heteroatoms. The van der Waals surface area contributed by atoms with Crippen LogP contribution in [0.15, 0.2) is 18.2 Å². The van der Waals surface area contributed by atoms with Crippen LogP contribution >= 0.6 is 0 Å². The summed E-state index contributed by atoms with van der Waals surface area (Å²) in [7, 11) is 0. The second-order valence-electron chi connectivity index (χ2n) is 3.02. The first-order chi connectivity index (χ1) is 6.50. The van der Waals surface area contributed by atoms with E-state index in [1.807, 2.05) is 0 Å². The molecule has 0 aromatic heterocycles. The number of hydrogen-bond donors (Lipinski definition) is 2. The number of carboxylic acids is 2. The molecule has 0 aliphatic rings. The standard InChI is InChI=1S/C10H10O4/c1-6-4-7(5-9(11)12)2-3-8(6)10(13)14/h2-4H,5H2,1H3,(H,11,12)(H,13,14). The fraction of sp³-hybridized carbons (Fsp3) is 0.200. The minimum absolute atomic E-state index is 0.0826. The molecule has 0 saturated heterocycles. The van der Waals surface area contributed by atoms with Crippen molar-refractivity contribution in [2.24, 2.45) is 0 Å². The highest BCUT2D eigenvalue weighted by molar-refractivity contribution is 5.89. The van der Waals surface area contributed by atoms with E-state index in [9.17, 15) is 9.59 Å². The Morgan fingerprint density at radius 2 is 1.93 bits per heavy atom. The van der Waals surface area contributed by atoms with Crippen LogP contribution in [0, 0.1) is 6.92 Å². The number of aryl methyl sites for hydroxylation is 1. The van der Waals surface area contributed by atoms with E-state index in [1.165, 1.54) is 12.1 Å². The van der Waals surface area contributed by atoms with Crippen molar-refractivity contribution < 1.29 is 19.8 Å². The second-order valence-corrected chi connectivity index (χ2v) is 3.02. The maximum Gasteiger partial charge on any atom is 0.335 e. The van der Waals surface area contributed by atoms with Crippen molar-refractivity contribution in [3.63, 3.8) is 0 Å². The Morgan fingerprint density at radius 1 is 1.29 bits per heavy atom. The zero-order valence-electron chi connectivity index (χ0n) is 7.65. The third-order valence-corrected chi connectivity index (χ3v) is 1.88. The number of rotatable bonds is 3. The average molecular weight is 194 g/mol. The van der Waals surface area contributed by atoms with Gasteiger partial charge in [-0.05, 0) is 24.1 Å². The van der Waals surface area contributed by atoms with Crippen molar-refractivity contribution in [3.05, 3.63) is 34.9 Å². The molecule has 1 rings (SSSR count). The summed E-state index contributed by atoms with van der Waals surface area (Å²) < 4.78 is 0. The van der Waals surface area contributed by atoms with Crippen LogP contribution in [-0.2, 0) is 11.2 Å². The van der Waals surface area contributed by atoms with Crippen LogP contribution in [0.25, 0.3) is 0 Å². The Morgan fingerprint density at radius 3 is 2.36 bits per heavy atom. The molecular formula is C10H10O4. The smallest absolute Gasteiger partial charge is 0.335 e. The lowest BCUT2D eigenvalue weighted by Gasteiger charge is -2.02. The van der Waals surface area contributed by atoms with Crippen LogP contribution < -0.4 is 0 Å². The van der Waals surface area contributed by atoms with E-state index in [0.717, 1.165) is 0 Å². The van der Waals surface area contributed by atoms with E-state index in [-0.39, 0.29) is 12.0 Å². The number of aromatic carboxylic acids is 1. The predicted octanol–water partition coefficient (Wildman–Crippen LogP) is 1.32. The molecule has 0 aliphatic heterocycles. The summed E-state index contributed by atoms with van der Waals surface area (Å²) in [6, 6.07) is 4.53. The molecule has 0 spiro atoms. The molecule has 74 valence electrons. The Kier molecular flexibility index (Phi) is 2.86. The summed E-state index contributed by atoms with van der Waals surface area (Å²) in [6.07, 6.45) is -0.0826. The van der Waals surface area contributed by atoms with Gasteiger partial charge in [-0.3, -0.25) is 4.79 Å². The van der Waals surface area contributed by atoms with Crippen molar-refractivity contribution in [1.82, 2.24) is 0 Å². The van der Waals surface area contributed by atoms with Crippen molar-refractivity contribution in [1.29, 1.82) is 0 Å². The van der Waals surface area contributed by atoms with Gasteiger partial charge in [0.15, 0.2) is 0 Å². The lowest BCUT2D eigenvalue weighted by Crippen LogP contribution is -2.03. The molecule has 0 saturated carbocycles. The van der Waals surface area contributed by atoms with Gasteiger partial charge < -0.3 is 10.2 Å². The molecule has 14 heavy (non-hydrogen) atoms. The second kappa shape index (κ2) is 3.91. The van der Waals surface area contributed by atoms with Gasteiger partial charge in [0.2, 0.25) is 0 Å². The van der Waals surface area contributed by atoms with Crippen LogP contribution in [0.1, 0.15) is 21.5 Å². The zero-order valence-corrected chi connectivity index (χ0v) is 7.65. The van der Waals surface area contributed by atoms with Gasteiger partial charge in [0.05, 0.1) is 12.0 Å². The minimum atomic E-state index is -0.996. The molecule has 1 aromatic carbocycles. The summed E-state index contributed by atoms with van der Waals surface area (Å²) in [4.78, 5) is 21.0. The summed E-state index contributed by atoms with van der Waals surface area (Å²) in [5.41, 5.74) is 1.40. The Balaban J connectivity index is 3.00. The van der Waals surface area contributed by atoms with Gasteiger partial charge in [0.1, 0.15) is 0 Å². The van der Waals surface area contributed by atoms with Gasteiger partial charge in [0, 0.05) is 0 Å². The Labute approximate surface area is 80.8 Å². The molecule has 2 N–H and O–H groups in total. The summed E-state index contributed by atoms with van der Waals surface area (Å²) in [5, 5.41) is 17.2. The van der Waals surface area contributed by atoms with E-state index < -0.39 is 11.9 Å². The first-order valence-electron chi connectivity index (χ1n) is 4.05. The van der Waals surface area contributed by atoms with Crippen LogP contribution in [0.5, 0.6) is 0 Å². The highest BCUT2D eigenvalue weighted by Crippen LogP contribution is 2.11. The monoisotopic (exact) mass is 194 g/mol. The minimum Gasteiger partial charge on any atom is -0.481 e.